The molecule has 1 saturated carbocycles. The molecular formula is C20H29ClN4O2. The molecule has 1 aliphatic heterocycles. The number of hydrogen-bond donors (Lipinski definition) is 2. The van der Waals surface area contributed by atoms with Crippen LogP contribution in [0.15, 0.2) is 24.3 Å². The van der Waals surface area contributed by atoms with E-state index in [4.69, 9.17) is 11.6 Å². The van der Waals surface area contributed by atoms with Crippen LogP contribution < -0.4 is 10.6 Å². The van der Waals surface area contributed by atoms with E-state index in [1.807, 2.05) is 36.1 Å². The van der Waals surface area contributed by atoms with Crippen LogP contribution in [0.25, 0.3) is 0 Å². The maximum absolute atomic E-state index is 12.7. The molecule has 7 heteroatoms. The Labute approximate surface area is 166 Å². The van der Waals surface area contributed by atoms with Gasteiger partial charge in [-0.1, -0.05) is 30.7 Å². The lowest BCUT2D eigenvalue weighted by Gasteiger charge is -2.35. The molecule has 6 nitrogen and oxygen atoms in total. The van der Waals surface area contributed by atoms with E-state index in [9.17, 15) is 9.59 Å². The van der Waals surface area contributed by atoms with Gasteiger partial charge in [0, 0.05) is 37.7 Å². The molecular weight excluding hydrogens is 364 g/mol. The second-order valence-electron chi connectivity index (χ2n) is 7.43. The average Bonchev–Trinajstić information content (AvgIpc) is 3.51. The number of amides is 3. The first-order chi connectivity index (χ1) is 13.1. The SMILES string of the molecule is CCCNC(=O)CN1CCN(C(=O)NC(c2ccc(Cl)cc2)C2CC2)CC1. The number of urea groups is 1. The van der Waals surface area contributed by atoms with Gasteiger partial charge in [-0.3, -0.25) is 9.69 Å². The lowest BCUT2D eigenvalue weighted by Crippen LogP contribution is -2.54. The second-order valence-corrected chi connectivity index (χ2v) is 7.87. The Morgan fingerprint density at radius 2 is 1.81 bits per heavy atom. The standard InChI is InChI=1S/C20H29ClN4O2/c1-2-9-22-18(26)14-24-10-12-25(13-11-24)20(27)23-19(15-3-4-15)16-5-7-17(21)8-6-16/h5-8,15,19H,2-4,9-14H2,1H3,(H,22,26)(H,23,27). The van der Waals surface area contributed by atoms with Gasteiger partial charge in [0.05, 0.1) is 12.6 Å². The van der Waals surface area contributed by atoms with Crippen LogP contribution in [0.5, 0.6) is 0 Å². The summed E-state index contributed by atoms with van der Waals surface area (Å²) >= 11 is 5.99. The molecule has 2 N–H and O–H groups in total. The van der Waals surface area contributed by atoms with Crippen molar-refractivity contribution < 1.29 is 9.59 Å². The zero-order valence-electron chi connectivity index (χ0n) is 15.9. The minimum absolute atomic E-state index is 0.0167. The van der Waals surface area contributed by atoms with Gasteiger partial charge in [-0.25, -0.2) is 4.79 Å². The van der Waals surface area contributed by atoms with E-state index in [1.54, 1.807) is 0 Å². The fraction of sp³-hybridized carbons (Fsp3) is 0.600. The Hall–Kier alpha value is -1.79. The van der Waals surface area contributed by atoms with Crippen molar-refractivity contribution in [2.24, 2.45) is 5.92 Å². The zero-order valence-corrected chi connectivity index (χ0v) is 16.7. The van der Waals surface area contributed by atoms with Crippen molar-refractivity contribution in [3.8, 4) is 0 Å². The molecule has 1 aliphatic carbocycles. The minimum atomic E-state index is -0.0167. The Morgan fingerprint density at radius 3 is 2.41 bits per heavy atom. The Bertz CT molecular complexity index is 640. The molecule has 1 saturated heterocycles. The van der Waals surface area contributed by atoms with Gasteiger partial charge in [0.2, 0.25) is 5.91 Å². The molecule has 0 aromatic heterocycles. The molecule has 148 valence electrons. The molecule has 3 rings (SSSR count). The van der Waals surface area contributed by atoms with Gasteiger partial charge in [-0.05, 0) is 42.9 Å². The summed E-state index contributed by atoms with van der Waals surface area (Å²) in [5, 5.41) is 6.82. The van der Waals surface area contributed by atoms with Crippen LogP contribution >= 0.6 is 11.6 Å². The number of nitrogens with one attached hydrogen (secondary N) is 2. The maximum atomic E-state index is 12.7. The fourth-order valence-electron chi connectivity index (χ4n) is 3.43. The van der Waals surface area contributed by atoms with E-state index >= 15 is 0 Å². The first-order valence-electron chi connectivity index (χ1n) is 9.86. The molecule has 3 amide bonds. The van der Waals surface area contributed by atoms with Crippen molar-refractivity contribution in [3.05, 3.63) is 34.9 Å². The predicted molar refractivity (Wildman–Crippen MR) is 107 cm³/mol. The maximum Gasteiger partial charge on any atom is 0.317 e. The van der Waals surface area contributed by atoms with Crippen molar-refractivity contribution >= 4 is 23.5 Å². The van der Waals surface area contributed by atoms with Gasteiger partial charge in [-0.2, -0.15) is 0 Å². The van der Waals surface area contributed by atoms with Gasteiger partial charge in [0.15, 0.2) is 0 Å². The molecule has 1 aromatic rings. The lowest BCUT2D eigenvalue weighted by molar-refractivity contribution is -0.122. The van der Waals surface area contributed by atoms with Crippen LogP contribution in [0.3, 0.4) is 0 Å². The van der Waals surface area contributed by atoms with Crippen molar-refractivity contribution in [2.45, 2.75) is 32.2 Å². The Kier molecular flexibility index (Phi) is 6.96. The van der Waals surface area contributed by atoms with E-state index in [-0.39, 0.29) is 18.0 Å². The third-order valence-electron chi connectivity index (χ3n) is 5.20. The van der Waals surface area contributed by atoms with Gasteiger partial charge < -0.3 is 15.5 Å². The number of nitrogens with zero attached hydrogens (tertiary/aromatic N) is 2. The molecule has 0 bridgehead atoms. The van der Waals surface area contributed by atoms with Gasteiger partial charge >= 0.3 is 6.03 Å². The van der Waals surface area contributed by atoms with Gasteiger partial charge in [0.25, 0.3) is 0 Å². The third-order valence-corrected chi connectivity index (χ3v) is 5.45. The summed E-state index contributed by atoms with van der Waals surface area (Å²) in [7, 11) is 0. The van der Waals surface area contributed by atoms with Crippen molar-refractivity contribution in [3.63, 3.8) is 0 Å². The van der Waals surface area contributed by atoms with Gasteiger partial charge in [-0.15, -0.1) is 0 Å². The fourth-order valence-corrected chi connectivity index (χ4v) is 3.56. The lowest BCUT2D eigenvalue weighted by atomic mass is 10.0. The number of carbonyl (C=O) groups excluding carboxylic acids is 2. The number of halogens is 1. The summed E-state index contributed by atoms with van der Waals surface area (Å²) in [5.74, 6) is 0.574. The first kappa shape index (κ1) is 20.0. The monoisotopic (exact) mass is 392 g/mol. The smallest absolute Gasteiger partial charge is 0.317 e. The molecule has 0 spiro atoms. The number of hydrogen-bond acceptors (Lipinski definition) is 3. The van der Waals surface area contributed by atoms with Crippen LogP contribution in [-0.4, -0.2) is 61.0 Å². The summed E-state index contributed by atoms with van der Waals surface area (Å²) in [6.45, 7) is 5.90. The Morgan fingerprint density at radius 1 is 1.15 bits per heavy atom. The molecule has 1 atom stereocenters. The van der Waals surface area contributed by atoms with Crippen LogP contribution in [0.1, 0.15) is 37.8 Å². The number of carbonyl (C=O) groups is 2. The quantitative estimate of drug-likeness (QED) is 0.749. The molecule has 1 aromatic carbocycles. The normalized spacial score (nSPS) is 18.8. The van der Waals surface area contributed by atoms with Crippen molar-refractivity contribution in [1.29, 1.82) is 0 Å². The molecule has 27 heavy (non-hydrogen) atoms. The summed E-state index contributed by atoms with van der Waals surface area (Å²) in [5.41, 5.74) is 1.11. The summed E-state index contributed by atoms with van der Waals surface area (Å²) < 4.78 is 0. The summed E-state index contributed by atoms with van der Waals surface area (Å²) in [6.07, 6.45) is 3.23. The molecule has 0 radical (unpaired) electrons. The first-order valence-corrected chi connectivity index (χ1v) is 10.2. The number of piperazine rings is 1. The molecule has 2 aliphatic rings. The Balaban J connectivity index is 1.48. The summed E-state index contributed by atoms with van der Waals surface area (Å²) in [4.78, 5) is 28.5. The molecule has 2 fully saturated rings. The second kappa shape index (κ2) is 9.42. The highest BCUT2D eigenvalue weighted by Gasteiger charge is 2.34. The van der Waals surface area contributed by atoms with E-state index in [0.717, 1.165) is 37.9 Å². The zero-order chi connectivity index (χ0) is 19.2. The minimum Gasteiger partial charge on any atom is -0.355 e. The van der Waals surface area contributed by atoms with Crippen LogP contribution in [0.4, 0.5) is 4.79 Å². The summed E-state index contributed by atoms with van der Waals surface area (Å²) in [6, 6.07) is 7.78. The van der Waals surface area contributed by atoms with Crippen molar-refractivity contribution in [1.82, 2.24) is 20.4 Å². The van der Waals surface area contributed by atoms with Crippen molar-refractivity contribution in [2.75, 3.05) is 39.3 Å². The highest BCUT2D eigenvalue weighted by molar-refractivity contribution is 6.30. The van der Waals surface area contributed by atoms with Crippen LogP contribution in [0, 0.1) is 5.92 Å². The number of benzene rings is 1. The highest BCUT2D eigenvalue weighted by Crippen LogP contribution is 2.41. The molecule has 1 heterocycles. The van der Waals surface area contributed by atoms with Gasteiger partial charge in [0.1, 0.15) is 0 Å². The topological polar surface area (TPSA) is 64.7 Å². The van der Waals surface area contributed by atoms with Crippen LogP contribution in [0.2, 0.25) is 5.02 Å². The van der Waals surface area contributed by atoms with E-state index in [0.29, 0.717) is 37.1 Å². The van der Waals surface area contributed by atoms with Crippen LogP contribution in [-0.2, 0) is 4.79 Å². The number of rotatable bonds is 7. The van der Waals surface area contributed by atoms with E-state index in [2.05, 4.69) is 15.5 Å². The largest absolute Gasteiger partial charge is 0.355 e. The third kappa shape index (κ3) is 5.84. The predicted octanol–water partition coefficient (Wildman–Crippen LogP) is 2.64. The highest BCUT2D eigenvalue weighted by atomic mass is 35.5. The van der Waals surface area contributed by atoms with E-state index in [1.165, 1.54) is 0 Å². The van der Waals surface area contributed by atoms with E-state index < -0.39 is 0 Å². The average molecular weight is 393 g/mol. The molecule has 1 unspecified atom stereocenters.